The van der Waals surface area contributed by atoms with Crippen LogP contribution in [0.15, 0.2) is 94.3 Å². The van der Waals surface area contributed by atoms with Gasteiger partial charge in [0.25, 0.3) is 0 Å². The summed E-state index contributed by atoms with van der Waals surface area (Å²) in [5, 5.41) is 5.73. The van der Waals surface area contributed by atoms with E-state index in [1.54, 1.807) is 0 Å². The van der Waals surface area contributed by atoms with Crippen LogP contribution in [0, 0.1) is 6.92 Å². The molecule has 1 aliphatic heterocycles. The van der Waals surface area contributed by atoms with Gasteiger partial charge in [-0.1, -0.05) is 54.6 Å². The summed E-state index contributed by atoms with van der Waals surface area (Å²) in [6.07, 6.45) is 4.17. The van der Waals surface area contributed by atoms with Crippen molar-refractivity contribution in [3.63, 3.8) is 0 Å². The molecule has 0 saturated carbocycles. The Labute approximate surface area is 180 Å². The highest BCUT2D eigenvalue weighted by molar-refractivity contribution is 5.94. The Morgan fingerprint density at radius 1 is 0.710 bits per heavy atom. The van der Waals surface area contributed by atoms with E-state index in [4.69, 9.17) is 9.41 Å². The maximum absolute atomic E-state index is 6.07. The quantitative estimate of drug-likeness (QED) is 0.307. The molecular formula is C29H21NO. The largest absolute Gasteiger partial charge is 0.454 e. The van der Waals surface area contributed by atoms with E-state index in [1.165, 1.54) is 27.5 Å². The average molecular weight is 399 g/mol. The highest BCUT2D eigenvalue weighted by atomic mass is 16.3. The van der Waals surface area contributed by atoms with Gasteiger partial charge in [-0.15, -0.1) is 0 Å². The Hall–Kier alpha value is -3.91. The number of rotatable bonds is 1. The van der Waals surface area contributed by atoms with Crippen LogP contribution >= 0.6 is 0 Å². The van der Waals surface area contributed by atoms with Crippen molar-refractivity contribution in [3.05, 3.63) is 107 Å². The van der Waals surface area contributed by atoms with Gasteiger partial charge in [-0.05, 0) is 83.3 Å². The van der Waals surface area contributed by atoms with E-state index in [9.17, 15) is 0 Å². The predicted octanol–water partition coefficient (Wildman–Crippen LogP) is 6.71. The highest BCUT2D eigenvalue weighted by Gasteiger charge is 2.14. The fourth-order valence-corrected chi connectivity index (χ4v) is 4.45. The van der Waals surface area contributed by atoms with Crippen molar-refractivity contribution >= 4 is 39.1 Å². The summed E-state index contributed by atoms with van der Waals surface area (Å²) in [6.45, 7) is 4.29. The van der Waals surface area contributed by atoms with Gasteiger partial charge in [0.1, 0.15) is 11.3 Å². The van der Waals surface area contributed by atoms with Crippen LogP contribution in [0.25, 0.3) is 44.5 Å². The van der Waals surface area contributed by atoms with Crippen LogP contribution in [-0.2, 0) is 0 Å². The van der Waals surface area contributed by atoms with E-state index in [1.807, 2.05) is 24.3 Å². The highest BCUT2D eigenvalue weighted by Crippen LogP contribution is 2.34. The molecule has 5 aromatic rings. The third kappa shape index (κ3) is 2.91. The van der Waals surface area contributed by atoms with Crippen LogP contribution in [-0.4, -0.2) is 0 Å². The van der Waals surface area contributed by atoms with Crippen LogP contribution in [0.3, 0.4) is 0 Å². The fourth-order valence-electron chi connectivity index (χ4n) is 4.45. The summed E-state index contributed by atoms with van der Waals surface area (Å²) in [4.78, 5) is 5.12. The molecule has 0 unspecified atom stereocenters. The van der Waals surface area contributed by atoms with Gasteiger partial charge in [0, 0.05) is 10.6 Å². The van der Waals surface area contributed by atoms with Crippen molar-refractivity contribution in [2.75, 3.05) is 0 Å². The Kier molecular flexibility index (Phi) is 3.94. The lowest BCUT2D eigenvalue weighted by atomic mass is 9.97. The molecule has 1 aromatic heterocycles. The zero-order valence-electron chi connectivity index (χ0n) is 17.5. The van der Waals surface area contributed by atoms with Gasteiger partial charge < -0.3 is 4.42 Å². The molecule has 2 heteroatoms. The van der Waals surface area contributed by atoms with Gasteiger partial charge in [-0.3, -0.25) is 0 Å². The van der Waals surface area contributed by atoms with Gasteiger partial charge in [0.05, 0.1) is 5.36 Å². The zero-order valence-corrected chi connectivity index (χ0v) is 17.5. The SMILES string of the molecule is CC1=c2cc(-c3ccc4ccccc4c3)cc(C)c2=Nc2c(oc3ccccc23)C=C1. The number of nitrogens with zero attached hydrogens (tertiary/aromatic N) is 1. The topological polar surface area (TPSA) is 25.5 Å². The normalized spacial score (nSPS) is 12.9. The lowest BCUT2D eigenvalue weighted by molar-refractivity contribution is 0.604. The number of hydrogen-bond acceptors (Lipinski definition) is 2. The molecule has 0 amide bonds. The first kappa shape index (κ1) is 17.9. The molecule has 0 spiro atoms. The number of furan rings is 1. The van der Waals surface area contributed by atoms with Crippen LogP contribution in [0.4, 0.5) is 5.69 Å². The second kappa shape index (κ2) is 6.82. The Balaban J connectivity index is 1.63. The minimum absolute atomic E-state index is 0.809. The molecule has 0 bridgehead atoms. The first-order valence-corrected chi connectivity index (χ1v) is 10.6. The van der Waals surface area contributed by atoms with Crippen LogP contribution in [0.1, 0.15) is 18.2 Å². The molecule has 31 heavy (non-hydrogen) atoms. The van der Waals surface area contributed by atoms with Gasteiger partial charge in [-0.25, -0.2) is 4.99 Å². The van der Waals surface area contributed by atoms with E-state index in [0.717, 1.165) is 38.6 Å². The van der Waals surface area contributed by atoms with Gasteiger partial charge in [-0.2, -0.15) is 0 Å². The second-order valence-electron chi connectivity index (χ2n) is 8.19. The molecule has 0 fully saturated rings. The zero-order chi connectivity index (χ0) is 20.9. The number of hydrogen-bond donors (Lipinski definition) is 0. The number of benzene rings is 4. The molecule has 1 aliphatic rings. The number of aryl methyl sites for hydroxylation is 1. The number of fused-ring (bicyclic) bond motifs is 5. The van der Waals surface area contributed by atoms with E-state index in [-0.39, 0.29) is 0 Å². The molecule has 0 atom stereocenters. The molecule has 6 rings (SSSR count). The molecule has 4 aromatic carbocycles. The molecule has 0 aliphatic carbocycles. The van der Waals surface area contributed by atoms with E-state index in [2.05, 4.69) is 80.6 Å². The monoisotopic (exact) mass is 399 g/mol. The smallest absolute Gasteiger partial charge is 0.153 e. The fraction of sp³-hybridized carbons (Fsp3) is 0.0690. The van der Waals surface area contributed by atoms with Crippen molar-refractivity contribution in [1.29, 1.82) is 0 Å². The summed E-state index contributed by atoms with van der Waals surface area (Å²) in [7, 11) is 0. The second-order valence-corrected chi connectivity index (χ2v) is 8.19. The van der Waals surface area contributed by atoms with Crippen LogP contribution in [0.5, 0.6) is 0 Å². The maximum atomic E-state index is 6.07. The molecule has 0 radical (unpaired) electrons. The standard InChI is InChI=1S/C29H21NO/c1-18-11-14-27-29(24-9-5-6-10-26(24)31-27)30-28-19(2)15-23(17-25(18)28)22-13-12-20-7-3-4-8-21(20)16-22/h3-17H,1-2H3. The van der Waals surface area contributed by atoms with E-state index < -0.39 is 0 Å². The molecule has 0 saturated heterocycles. The van der Waals surface area contributed by atoms with Crippen LogP contribution < -0.4 is 10.6 Å². The average Bonchev–Trinajstić information content (AvgIpc) is 3.14. The molecule has 2 heterocycles. The van der Waals surface area contributed by atoms with Gasteiger partial charge >= 0.3 is 0 Å². The Morgan fingerprint density at radius 2 is 1.52 bits per heavy atom. The van der Waals surface area contributed by atoms with Crippen molar-refractivity contribution in [3.8, 4) is 11.1 Å². The van der Waals surface area contributed by atoms with Crippen LogP contribution in [0.2, 0.25) is 0 Å². The Morgan fingerprint density at radius 3 is 2.42 bits per heavy atom. The van der Waals surface area contributed by atoms with Gasteiger partial charge in [0.2, 0.25) is 0 Å². The minimum Gasteiger partial charge on any atom is -0.454 e. The molecule has 148 valence electrons. The minimum atomic E-state index is 0.809. The molecule has 0 N–H and O–H groups in total. The summed E-state index contributed by atoms with van der Waals surface area (Å²) in [6, 6.07) is 27.8. The number of para-hydroxylation sites is 1. The number of allylic oxidation sites excluding steroid dienone is 1. The van der Waals surface area contributed by atoms with Crippen molar-refractivity contribution in [1.82, 2.24) is 0 Å². The molecular weight excluding hydrogens is 378 g/mol. The lowest BCUT2D eigenvalue weighted by Gasteiger charge is -2.09. The summed E-state index contributed by atoms with van der Waals surface area (Å²) in [5.74, 6) is 0.809. The predicted molar refractivity (Wildman–Crippen MR) is 129 cm³/mol. The van der Waals surface area contributed by atoms with Crippen molar-refractivity contribution < 1.29 is 4.42 Å². The third-order valence-corrected chi connectivity index (χ3v) is 6.11. The Bertz CT molecular complexity index is 1650. The van der Waals surface area contributed by atoms with E-state index in [0.29, 0.717) is 0 Å². The maximum Gasteiger partial charge on any atom is 0.153 e. The first-order valence-electron chi connectivity index (χ1n) is 10.6. The van der Waals surface area contributed by atoms with Gasteiger partial charge in [0.15, 0.2) is 5.76 Å². The summed E-state index contributed by atoms with van der Waals surface area (Å²) in [5.41, 5.74) is 6.54. The summed E-state index contributed by atoms with van der Waals surface area (Å²) >= 11 is 0. The first-order chi connectivity index (χ1) is 15.2. The van der Waals surface area contributed by atoms with E-state index >= 15 is 0 Å². The summed E-state index contributed by atoms with van der Waals surface area (Å²) < 4.78 is 6.07. The third-order valence-electron chi connectivity index (χ3n) is 6.11. The molecule has 2 nitrogen and oxygen atoms in total. The lowest BCUT2D eigenvalue weighted by Crippen LogP contribution is -2.29. The van der Waals surface area contributed by atoms with Crippen molar-refractivity contribution in [2.24, 2.45) is 4.99 Å². The van der Waals surface area contributed by atoms with Crippen molar-refractivity contribution in [2.45, 2.75) is 13.8 Å².